The molecule has 0 fully saturated rings. The van der Waals surface area contributed by atoms with Crippen molar-refractivity contribution in [2.75, 3.05) is 9.80 Å². The molecule has 0 atom stereocenters. The van der Waals surface area contributed by atoms with Gasteiger partial charge < -0.3 is 20.4 Å². The van der Waals surface area contributed by atoms with Crippen molar-refractivity contribution >= 4 is 34.6 Å². The van der Waals surface area contributed by atoms with Crippen molar-refractivity contribution in [2.45, 2.75) is 0 Å². The van der Waals surface area contributed by atoms with Gasteiger partial charge in [-0.05, 0) is 84.9 Å². The summed E-state index contributed by atoms with van der Waals surface area (Å²) in [5, 5.41) is 39.1. The van der Waals surface area contributed by atoms with Crippen molar-refractivity contribution in [3.8, 4) is 23.0 Å². The predicted octanol–water partition coefficient (Wildman–Crippen LogP) is 5.63. The van der Waals surface area contributed by atoms with Crippen LogP contribution in [0, 0.1) is 0 Å². The molecule has 0 aliphatic rings. The molecule has 0 aliphatic carbocycles. The second kappa shape index (κ2) is 9.51. The Balaban J connectivity index is 1.65. The summed E-state index contributed by atoms with van der Waals surface area (Å²) in [5.74, 6) is 2.33. The molecule has 0 aliphatic heterocycles. The fraction of sp³-hybridized carbons (Fsp3) is 0. The van der Waals surface area contributed by atoms with Gasteiger partial charge in [-0.1, -0.05) is 6.07 Å². The first kappa shape index (κ1) is 22.5. The molecule has 0 bridgehead atoms. The molecule has 0 saturated heterocycles. The second-order valence-electron chi connectivity index (χ2n) is 7.81. The maximum atomic E-state index is 9.79. The van der Waals surface area contributed by atoms with Crippen LogP contribution in [-0.2, 0) is 0 Å². The summed E-state index contributed by atoms with van der Waals surface area (Å²) in [5.41, 5.74) is 1.38. The van der Waals surface area contributed by atoms with Gasteiger partial charge in [-0.2, -0.15) is 0 Å². The fourth-order valence-corrected chi connectivity index (χ4v) is 3.65. The highest BCUT2D eigenvalue weighted by Crippen LogP contribution is 2.37. The molecule has 0 amide bonds. The van der Waals surface area contributed by atoms with E-state index < -0.39 is 0 Å². The molecule has 9 nitrogen and oxygen atoms in total. The van der Waals surface area contributed by atoms with Gasteiger partial charge in [0.15, 0.2) is 0 Å². The molecule has 0 saturated carbocycles. The highest BCUT2D eigenvalue weighted by molar-refractivity contribution is 5.77. The highest BCUT2D eigenvalue weighted by Gasteiger charge is 2.20. The van der Waals surface area contributed by atoms with Crippen LogP contribution >= 0.6 is 0 Å². The van der Waals surface area contributed by atoms with Crippen LogP contribution in [0.5, 0.6) is 23.0 Å². The van der Waals surface area contributed by atoms with Gasteiger partial charge in [0.05, 0.1) is 12.4 Å². The summed E-state index contributed by atoms with van der Waals surface area (Å²) in [6.45, 7) is 0. The summed E-state index contributed by atoms with van der Waals surface area (Å²) < 4.78 is 0. The van der Waals surface area contributed by atoms with Crippen molar-refractivity contribution in [1.29, 1.82) is 0 Å². The van der Waals surface area contributed by atoms with E-state index in [0.29, 0.717) is 34.6 Å². The summed E-state index contributed by atoms with van der Waals surface area (Å²) in [4.78, 5) is 17.2. The van der Waals surface area contributed by atoms with Gasteiger partial charge in [0.1, 0.15) is 46.3 Å². The van der Waals surface area contributed by atoms with Crippen LogP contribution in [-0.4, -0.2) is 35.4 Å². The first-order chi connectivity index (χ1) is 17.5. The molecule has 3 heterocycles. The SMILES string of the molecule is Oc1ccc(N(c2ccc(O)cn2)c2cccc(N(c3ccc(O)cc3)c3ccc(O)cn3)n2)cc1. The lowest BCUT2D eigenvalue weighted by molar-refractivity contribution is 0.472. The van der Waals surface area contributed by atoms with E-state index in [-0.39, 0.29) is 23.0 Å². The van der Waals surface area contributed by atoms with E-state index in [1.54, 1.807) is 70.5 Å². The smallest absolute Gasteiger partial charge is 0.141 e. The van der Waals surface area contributed by atoms with Gasteiger partial charge in [-0.25, -0.2) is 15.0 Å². The van der Waals surface area contributed by atoms with E-state index >= 15 is 0 Å². The lowest BCUT2D eigenvalue weighted by atomic mass is 10.2. The largest absolute Gasteiger partial charge is 0.508 e. The Labute approximate surface area is 206 Å². The lowest BCUT2D eigenvalue weighted by Gasteiger charge is -2.27. The van der Waals surface area contributed by atoms with Crippen molar-refractivity contribution in [3.05, 3.63) is 103 Å². The number of aromatic hydroxyl groups is 4. The van der Waals surface area contributed by atoms with Crippen LogP contribution < -0.4 is 9.80 Å². The number of aromatic nitrogens is 3. The van der Waals surface area contributed by atoms with Crippen LogP contribution in [0.1, 0.15) is 0 Å². The molecule has 5 aromatic rings. The number of rotatable bonds is 6. The van der Waals surface area contributed by atoms with E-state index in [2.05, 4.69) is 9.97 Å². The van der Waals surface area contributed by atoms with Crippen LogP contribution in [0.3, 0.4) is 0 Å². The van der Waals surface area contributed by atoms with E-state index in [1.165, 1.54) is 24.5 Å². The molecule has 5 rings (SSSR count). The maximum Gasteiger partial charge on any atom is 0.141 e. The number of hydrogen-bond donors (Lipinski definition) is 4. The Kier molecular flexibility index (Phi) is 5.94. The second-order valence-corrected chi connectivity index (χ2v) is 7.81. The summed E-state index contributed by atoms with van der Waals surface area (Å²) in [7, 11) is 0. The van der Waals surface area contributed by atoms with E-state index in [9.17, 15) is 20.4 Å². The topological polar surface area (TPSA) is 126 Å². The monoisotopic (exact) mass is 479 g/mol. The highest BCUT2D eigenvalue weighted by atomic mass is 16.3. The van der Waals surface area contributed by atoms with Gasteiger partial charge in [0.2, 0.25) is 0 Å². The first-order valence-corrected chi connectivity index (χ1v) is 10.9. The zero-order valence-electron chi connectivity index (χ0n) is 18.8. The number of anilines is 6. The van der Waals surface area contributed by atoms with Gasteiger partial charge >= 0.3 is 0 Å². The number of phenolic OH excluding ortho intramolecular Hbond substituents is 2. The lowest BCUT2D eigenvalue weighted by Crippen LogP contribution is -2.16. The van der Waals surface area contributed by atoms with Gasteiger partial charge in [-0.3, -0.25) is 9.80 Å². The van der Waals surface area contributed by atoms with Crippen LogP contribution in [0.4, 0.5) is 34.6 Å². The molecule has 0 spiro atoms. The average molecular weight is 479 g/mol. The molecular formula is C27H21N5O4. The van der Waals surface area contributed by atoms with E-state index in [4.69, 9.17) is 4.98 Å². The third-order valence-corrected chi connectivity index (χ3v) is 5.32. The van der Waals surface area contributed by atoms with Crippen molar-refractivity contribution in [1.82, 2.24) is 15.0 Å². The fourth-order valence-electron chi connectivity index (χ4n) is 3.65. The average Bonchev–Trinajstić information content (AvgIpc) is 2.89. The van der Waals surface area contributed by atoms with Gasteiger partial charge in [0.25, 0.3) is 0 Å². The van der Waals surface area contributed by atoms with Gasteiger partial charge in [0, 0.05) is 11.4 Å². The number of benzene rings is 2. The Hall–Kier alpha value is -5.31. The molecule has 4 N–H and O–H groups in total. The minimum atomic E-state index is 0.0306. The van der Waals surface area contributed by atoms with Crippen molar-refractivity contribution in [3.63, 3.8) is 0 Å². The molecule has 0 unspecified atom stereocenters. The summed E-state index contributed by atoms with van der Waals surface area (Å²) >= 11 is 0. The Morgan fingerprint density at radius 2 is 0.806 bits per heavy atom. The summed E-state index contributed by atoms with van der Waals surface area (Å²) in [6.07, 6.45) is 2.69. The predicted molar refractivity (Wildman–Crippen MR) is 136 cm³/mol. The molecule has 36 heavy (non-hydrogen) atoms. The number of phenols is 2. The Bertz CT molecular complexity index is 1260. The van der Waals surface area contributed by atoms with E-state index in [1.807, 2.05) is 18.2 Å². The van der Waals surface area contributed by atoms with Crippen molar-refractivity contribution < 1.29 is 20.4 Å². The van der Waals surface area contributed by atoms with Crippen LogP contribution in [0.25, 0.3) is 0 Å². The summed E-state index contributed by atoms with van der Waals surface area (Å²) in [6, 6.07) is 25.0. The molecule has 2 aromatic carbocycles. The zero-order valence-corrected chi connectivity index (χ0v) is 18.8. The Morgan fingerprint density at radius 1 is 0.417 bits per heavy atom. The van der Waals surface area contributed by atoms with Crippen LogP contribution in [0.15, 0.2) is 103 Å². The van der Waals surface area contributed by atoms with E-state index in [0.717, 1.165) is 0 Å². The third kappa shape index (κ3) is 4.66. The number of pyridine rings is 3. The third-order valence-electron chi connectivity index (χ3n) is 5.32. The molecular weight excluding hydrogens is 458 g/mol. The zero-order chi connectivity index (χ0) is 25.1. The standard InChI is InChI=1S/C27H21N5O4/c33-20-8-4-18(5-9-20)31(24-14-12-22(35)16-28-24)26-2-1-3-27(30-26)32(19-6-10-21(34)11-7-19)25-15-13-23(36)17-29-25/h1-17,33-36H. The minimum absolute atomic E-state index is 0.0306. The quantitative estimate of drug-likeness (QED) is 0.245. The maximum absolute atomic E-state index is 9.79. The normalized spacial score (nSPS) is 10.7. The first-order valence-electron chi connectivity index (χ1n) is 10.9. The minimum Gasteiger partial charge on any atom is -0.508 e. The van der Waals surface area contributed by atoms with Crippen LogP contribution in [0.2, 0.25) is 0 Å². The molecule has 3 aromatic heterocycles. The molecule has 178 valence electrons. The number of hydrogen-bond acceptors (Lipinski definition) is 9. The van der Waals surface area contributed by atoms with Gasteiger partial charge in [-0.15, -0.1) is 0 Å². The molecule has 9 heteroatoms. The van der Waals surface area contributed by atoms with Crippen molar-refractivity contribution in [2.24, 2.45) is 0 Å². The molecule has 0 radical (unpaired) electrons. The Morgan fingerprint density at radius 3 is 1.17 bits per heavy atom. The number of nitrogens with zero attached hydrogens (tertiary/aromatic N) is 5.